The largest absolute Gasteiger partial charge is 0.480 e. The molecule has 0 radical (unpaired) electrons. The zero-order valence-electron chi connectivity index (χ0n) is 11.8. The number of thioether (sulfide) groups is 8. The molecular weight excluding hydrogens is 457 g/mol. The van der Waals surface area contributed by atoms with Gasteiger partial charge in [-0.25, -0.2) is 0 Å². The number of ether oxygens (including phenoxy) is 2. The third-order valence-corrected chi connectivity index (χ3v) is 13.5. The molecule has 0 fully saturated rings. The van der Waals surface area contributed by atoms with Crippen LogP contribution in [-0.4, -0.2) is 13.2 Å². The first kappa shape index (κ1) is 17.0. The van der Waals surface area contributed by atoms with Gasteiger partial charge in [-0.15, -0.1) is 0 Å². The first-order valence-electron chi connectivity index (χ1n) is 6.79. The minimum atomic E-state index is 0.655. The minimum absolute atomic E-state index is 0.655. The highest BCUT2D eigenvalue weighted by Gasteiger charge is 2.32. The van der Waals surface area contributed by atoms with Crippen molar-refractivity contribution in [2.45, 2.75) is 0 Å². The minimum Gasteiger partial charge on any atom is -0.480 e. The molecule has 0 unspecified atom stereocenters. The molecule has 0 saturated carbocycles. The van der Waals surface area contributed by atoms with Crippen LogP contribution in [-0.2, 0) is 9.47 Å². The van der Waals surface area contributed by atoms with Crippen LogP contribution in [0.25, 0.3) is 0 Å². The second-order valence-electron chi connectivity index (χ2n) is 4.54. The van der Waals surface area contributed by atoms with Crippen LogP contribution in [0.5, 0.6) is 0 Å². The van der Waals surface area contributed by atoms with Crippen LogP contribution in [0.3, 0.4) is 0 Å². The summed E-state index contributed by atoms with van der Waals surface area (Å²) in [4.78, 5) is 2.71. The zero-order valence-corrected chi connectivity index (χ0v) is 18.3. The molecule has 5 aliphatic rings. The Bertz CT molecular complexity index is 759. The van der Waals surface area contributed by atoms with Crippen molar-refractivity contribution in [3.63, 3.8) is 0 Å². The fourth-order valence-electron chi connectivity index (χ4n) is 2.01. The summed E-state index contributed by atoms with van der Waals surface area (Å²) in [5, 5.41) is 10.7. The van der Waals surface area contributed by atoms with Crippen LogP contribution in [0, 0.1) is 0 Å². The van der Waals surface area contributed by atoms with Crippen molar-refractivity contribution in [2.75, 3.05) is 13.2 Å². The fraction of sp³-hybridized carbons (Fsp3) is 0.143. The van der Waals surface area contributed by atoms with Crippen LogP contribution >= 0.6 is 94.1 Å². The second kappa shape index (κ2) is 7.46. The Kier molecular flexibility index (Phi) is 5.27. The lowest BCUT2D eigenvalue weighted by Crippen LogP contribution is -2.08. The summed E-state index contributed by atoms with van der Waals surface area (Å²) < 4.78 is 16.8. The quantitative estimate of drug-likeness (QED) is 0.387. The predicted molar refractivity (Wildman–Crippen MR) is 119 cm³/mol. The molecule has 5 aliphatic heterocycles. The van der Waals surface area contributed by atoms with Gasteiger partial charge >= 0.3 is 0 Å². The van der Waals surface area contributed by atoms with Crippen LogP contribution in [0.4, 0.5) is 0 Å². The predicted octanol–water partition coefficient (Wildman–Crippen LogP) is 7.49. The zero-order chi connectivity index (χ0) is 15.9. The third kappa shape index (κ3) is 3.37. The standard InChI is InChI=1S/C14H8O2S8/c1-2-16-10-9(15-1)23-14(24-10)13-20-6-8(22-13)7-5-19-12(21-7)11-17-3-4-18-11/h3-6H,1-2H2. The monoisotopic (exact) mass is 464 g/mol. The fourth-order valence-corrected chi connectivity index (χ4v) is 11.6. The molecule has 0 aromatic heterocycles. The molecule has 10 heteroatoms. The van der Waals surface area contributed by atoms with Gasteiger partial charge < -0.3 is 9.47 Å². The summed E-state index contributed by atoms with van der Waals surface area (Å²) in [5.74, 6) is 0. The van der Waals surface area contributed by atoms with Gasteiger partial charge in [0, 0.05) is 9.81 Å². The van der Waals surface area contributed by atoms with E-state index in [2.05, 4.69) is 21.6 Å². The van der Waals surface area contributed by atoms with E-state index in [4.69, 9.17) is 9.47 Å². The van der Waals surface area contributed by atoms with E-state index in [1.54, 1.807) is 23.5 Å². The van der Waals surface area contributed by atoms with Gasteiger partial charge in [0.15, 0.2) is 0 Å². The molecule has 0 aromatic carbocycles. The average molecular weight is 465 g/mol. The topological polar surface area (TPSA) is 18.5 Å². The molecule has 2 nitrogen and oxygen atoms in total. The van der Waals surface area contributed by atoms with E-state index >= 15 is 0 Å². The highest BCUT2D eigenvalue weighted by Crippen LogP contribution is 2.62. The van der Waals surface area contributed by atoms with Crippen molar-refractivity contribution in [1.82, 2.24) is 0 Å². The molecule has 0 atom stereocenters. The highest BCUT2D eigenvalue weighted by atomic mass is 32.2. The summed E-state index contributed by atoms with van der Waals surface area (Å²) in [6, 6.07) is 0. The van der Waals surface area contributed by atoms with Gasteiger partial charge in [0.2, 0.25) is 10.2 Å². The van der Waals surface area contributed by atoms with E-state index in [-0.39, 0.29) is 0 Å². The van der Waals surface area contributed by atoms with Gasteiger partial charge in [0.05, 0.1) is 16.9 Å². The van der Waals surface area contributed by atoms with E-state index in [9.17, 15) is 0 Å². The molecule has 0 amide bonds. The van der Waals surface area contributed by atoms with Gasteiger partial charge in [0.25, 0.3) is 0 Å². The summed E-state index contributed by atoms with van der Waals surface area (Å²) in [6.45, 7) is 1.31. The van der Waals surface area contributed by atoms with E-state index in [0.29, 0.717) is 13.2 Å². The van der Waals surface area contributed by atoms with Crippen LogP contribution in [0.2, 0.25) is 0 Å². The molecule has 5 heterocycles. The maximum absolute atomic E-state index is 5.68. The highest BCUT2D eigenvalue weighted by molar-refractivity contribution is 8.36. The lowest BCUT2D eigenvalue weighted by atomic mass is 10.6. The average Bonchev–Trinajstić information content (AvgIpc) is 3.40. The van der Waals surface area contributed by atoms with E-state index in [1.807, 2.05) is 70.6 Å². The lowest BCUT2D eigenvalue weighted by molar-refractivity contribution is 0.0949. The number of hydrogen-bond donors (Lipinski definition) is 0. The Labute approximate surface area is 174 Å². The second-order valence-corrected chi connectivity index (χ2v) is 13.2. The first-order chi connectivity index (χ1) is 11.9. The van der Waals surface area contributed by atoms with Crippen molar-refractivity contribution >= 4 is 94.1 Å². The van der Waals surface area contributed by atoms with Crippen LogP contribution in [0.1, 0.15) is 0 Å². The molecule has 0 aromatic rings. The number of hydrogen-bond acceptors (Lipinski definition) is 10. The van der Waals surface area contributed by atoms with Gasteiger partial charge in [0.1, 0.15) is 13.2 Å². The Morgan fingerprint density at radius 2 is 1.12 bits per heavy atom. The first-order valence-corrected chi connectivity index (χ1v) is 13.6. The Morgan fingerprint density at radius 1 is 0.583 bits per heavy atom. The molecule has 5 rings (SSSR count). The Balaban J connectivity index is 1.27. The number of rotatable bonds is 1. The van der Waals surface area contributed by atoms with Crippen molar-refractivity contribution < 1.29 is 9.47 Å². The van der Waals surface area contributed by atoms with Crippen molar-refractivity contribution in [2.24, 2.45) is 0 Å². The van der Waals surface area contributed by atoms with Crippen LogP contribution < -0.4 is 0 Å². The van der Waals surface area contributed by atoms with Crippen molar-refractivity contribution in [3.8, 4) is 0 Å². The molecule has 0 aliphatic carbocycles. The normalized spacial score (nSPS) is 26.0. The third-order valence-electron chi connectivity index (χ3n) is 3.02. The Hall–Kier alpha value is 0.840. The summed E-state index contributed by atoms with van der Waals surface area (Å²) >= 11 is 14.5. The van der Waals surface area contributed by atoms with Crippen molar-refractivity contribution in [3.05, 3.63) is 58.6 Å². The summed E-state index contributed by atoms with van der Waals surface area (Å²) in [7, 11) is 0. The van der Waals surface area contributed by atoms with E-state index < -0.39 is 0 Å². The van der Waals surface area contributed by atoms with Gasteiger partial charge in [-0.2, -0.15) is 0 Å². The SMILES string of the molecule is C1=CSC(=C2SC=C(C3=CSC(=C4SC5=C(OCCO5)S4)S3)S2)S1. The Morgan fingerprint density at radius 3 is 1.71 bits per heavy atom. The smallest absolute Gasteiger partial charge is 0.208 e. The molecule has 0 spiro atoms. The van der Waals surface area contributed by atoms with Gasteiger partial charge in [-0.3, -0.25) is 0 Å². The molecule has 0 saturated heterocycles. The summed E-state index contributed by atoms with van der Waals surface area (Å²) in [5.41, 5.74) is 0. The molecule has 124 valence electrons. The lowest BCUT2D eigenvalue weighted by Gasteiger charge is -2.13. The van der Waals surface area contributed by atoms with Gasteiger partial charge in [-0.1, -0.05) is 70.6 Å². The van der Waals surface area contributed by atoms with E-state index in [1.165, 1.54) is 26.8 Å². The van der Waals surface area contributed by atoms with Crippen molar-refractivity contribution in [1.29, 1.82) is 0 Å². The van der Waals surface area contributed by atoms with Gasteiger partial charge in [-0.05, 0) is 45.2 Å². The maximum Gasteiger partial charge on any atom is 0.208 e. The molecule has 24 heavy (non-hydrogen) atoms. The van der Waals surface area contributed by atoms with E-state index in [0.717, 1.165) is 10.2 Å². The molecule has 0 bridgehead atoms. The summed E-state index contributed by atoms with van der Waals surface area (Å²) in [6.07, 6.45) is 0. The van der Waals surface area contributed by atoms with Crippen LogP contribution in [0.15, 0.2) is 58.6 Å². The maximum atomic E-state index is 5.68. The molecule has 0 N–H and O–H groups in total. The molecular formula is C14H8O2S8.